The summed E-state index contributed by atoms with van der Waals surface area (Å²) in [4.78, 5) is 33.4. The first-order valence-corrected chi connectivity index (χ1v) is 5.27. The van der Waals surface area contributed by atoms with Crippen LogP contribution >= 0.6 is 0 Å². The smallest absolute Gasteiger partial charge is 0.257 e. The number of carbonyl (C=O) groups excluding carboxylic acids is 3. The quantitative estimate of drug-likeness (QED) is 0.343. The molecule has 0 radical (unpaired) electrons. The molecule has 3 amide bonds. The fourth-order valence-corrected chi connectivity index (χ4v) is 1.17. The molecule has 0 saturated carbocycles. The van der Waals surface area contributed by atoms with Crippen molar-refractivity contribution in [2.24, 2.45) is 0 Å². The van der Waals surface area contributed by atoms with Crippen molar-refractivity contribution in [2.45, 2.75) is 38.8 Å². The molecule has 0 heterocycles. The zero-order valence-corrected chi connectivity index (χ0v) is 10.6. The highest BCUT2D eigenvalue weighted by Gasteiger charge is 2.23. The van der Waals surface area contributed by atoms with E-state index in [1.54, 1.807) is 0 Å². The highest BCUT2D eigenvalue weighted by atomic mass is 16.2. The molecule has 0 aliphatic heterocycles. The van der Waals surface area contributed by atoms with E-state index in [1.807, 2.05) is 20.8 Å². The predicted molar refractivity (Wildman–Crippen MR) is 62.7 cm³/mol. The fraction of sp³-hybridized carbons (Fsp3) is 0.700. The molecule has 0 unspecified atom stereocenters. The molecule has 7 heteroatoms. The van der Waals surface area contributed by atoms with Crippen LogP contribution in [-0.4, -0.2) is 36.9 Å². The summed E-state index contributed by atoms with van der Waals surface area (Å²) in [5.41, 5.74) is 4.38. The first kappa shape index (κ1) is 15.4. The third-order valence-electron chi connectivity index (χ3n) is 1.74. The second-order valence-corrected chi connectivity index (χ2v) is 4.58. The van der Waals surface area contributed by atoms with Gasteiger partial charge < -0.3 is 10.6 Å². The van der Waals surface area contributed by atoms with Gasteiger partial charge in [-0.2, -0.15) is 0 Å². The summed E-state index contributed by atoms with van der Waals surface area (Å²) in [5, 5.41) is 5.00. The van der Waals surface area contributed by atoms with Gasteiger partial charge in [-0.1, -0.05) is 0 Å². The summed E-state index contributed by atoms with van der Waals surface area (Å²) < 4.78 is 0. The van der Waals surface area contributed by atoms with E-state index < -0.39 is 11.9 Å². The lowest BCUT2D eigenvalue weighted by atomic mass is 10.1. The van der Waals surface area contributed by atoms with E-state index in [0.29, 0.717) is 6.41 Å². The van der Waals surface area contributed by atoms with Gasteiger partial charge in [0.05, 0.1) is 6.42 Å². The van der Waals surface area contributed by atoms with E-state index >= 15 is 0 Å². The number of carbonyl (C=O) groups is 3. The maximum atomic E-state index is 11.6. The lowest BCUT2D eigenvalue weighted by molar-refractivity contribution is -0.130. The average Bonchev–Trinajstić information content (AvgIpc) is 2.14. The van der Waals surface area contributed by atoms with E-state index in [4.69, 9.17) is 0 Å². The number of hydrogen-bond donors (Lipinski definition) is 4. The third-order valence-corrected chi connectivity index (χ3v) is 1.74. The van der Waals surface area contributed by atoms with Crippen LogP contribution in [0.1, 0.15) is 27.2 Å². The van der Waals surface area contributed by atoms with Crippen LogP contribution in [0.3, 0.4) is 0 Å². The van der Waals surface area contributed by atoms with Gasteiger partial charge in [0, 0.05) is 12.6 Å². The molecular weight excluding hydrogens is 224 g/mol. The van der Waals surface area contributed by atoms with Crippen LogP contribution in [0.4, 0.5) is 0 Å². The molecular formula is C10H20N4O3. The second kappa shape index (κ2) is 6.85. The molecule has 17 heavy (non-hydrogen) atoms. The van der Waals surface area contributed by atoms with Gasteiger partial charge in [-0.3, -0.25) is 19.8 Å². The van der Waals surface area contributed by atoms with Crippen LogP contribution in [0.15, 0.2) is 0 Å². The van der Waals surface area contributed by atoms with Gasteiger partial charge in [0.25, 0.3) is 5.91 Å². The largest absolute Gasteiger partial charge is 0.351 e. The molecule has 0 saturated heterocycles. The Labute approximate surface area is 101 Å². The van der Waals surface area contributed by atoms with Crippen LogP contribution < -0.4 is 21.5 Å². The molecule has 0 aromatic heterocycles. The van der Waals surface area contributed by atoms with Gasteiger partial charge in [-0.05, 0) is 20.8 Å². The minimum absolute atomic E-state index is 0.108. The lowest BCUT2D eigenvalue weighted by Gasteiger charge is -2.22. The Hall–Kier alpha value is -1.63. The Kier molecular flexibility index (Phi) is 6.19. The maximum absolute atomic E-state index is 11.6. The Balaban J connectivity index is 4.39. The molecule has 0 fully saturated rings. The Morgan fingerprint density at radius 2 is 1.88 bits per heavy atom. The molecule has 0 rings (SSSR count). The molecule has 0 spiro atoms. The van der Waals surface area contributed by atoms with Crippen LogP contribution in [-0.2, 0) is 14.4 Å². The highest BCUT2D eigenvalue weighted by molar-refractivity contribution is 5.89. The second-order valence-electron chi connectivity index (χ2n) is 4.58. The SMILES string of the molecule is CNNC(=O)[C@H](CC(=O)NC(C)(C)C)NC=O. The zero-order valence-electron chi connectivity index (χ0n) is 10.6. The minimum atomic E-state index is -0.887. The average molecular weight is 244 g/mol. The van der Waals surface area contributed by atoms with Crippen molar-refractivity contribution in [3.8, 4) is 0 Å². The fourth-order valence-electron chi connectivity index (χ4n) is 1.17. The van der Waals surface area contributed by atoms with Crippen molar-refractivity contribution in [3.63, 3.8) is 0 Å². The Morgan fingerprint density at radius 3 is 2.29 bits per heavy atom. The molecule has 98 valence electrons. The van der Waals surface area contributed by atoms with Gasteiger partial charge in [-0.15, -0.1) is 0 Å². The van der Waals surface area contributed by atoms with Crippen LogP contribution in [0.5, 0.6) is 0 Å². The number of nitrogens with one attached hydrogen (secondary N) is 4. The molecule has 0 aliphatic carbocycles. The molecule has 0 aromatic carbocycles. The lowest BCUT2D eigenvalue weighted by Crippen LogP contribution is -2.51. The monoisotopic (exact) mass is 244 g/mol. The predicted octanol–water partition coefficient (Wildman–Crippen LogP) is -1.34. The van der Waals surface area contributed by atoms with E-state index in [2.05, 4.69) is 21.5 Å². The van der Waals surface area contributed by atoms with Gasteiger partial charge in [0.15, 0.2) is 0 Å². The van der Waals surface area contributed by atoms with Crippen molar-refractivity contribution < 1.29 is 14.4 Å². The minimum Gasteiger partial charge on any atom is -0.351 e. The summed E-state index contributed by atoms with van der Waals surface area (Å²) in [7, 11) is 1.52. The van der Waals surface area contributed by atoms with E-state index in [0.717, 1.165) is 0 Å². The van der Waals surface area contributed by atoms with E-state index in [-0.39, 0.29) is 17.9 Å². The van der Waals surface area contributed by atoms with Crippen molar-refractivity contribution >= 4 is 18.2 Å². The topological polar surface area (TPSA) is 99.3 Å². The third kappa shape index (κ3) is 7.29. The normalized spacial score (nSPS) is 12.5. The Bertz CT molecular complexity index is 286. The van der Waals surface area contributed by atoms with Crippen molar-refractivity contribution in [3.05, 3.63) is 0 Å². The van der Waals surface area contributed by atoms with Crippen LogP contribution in [0.2, 0.25) is 0 Å². The van der Waals surface area contributed by atoms with Gasteiger partial charge in [0.2, 0.25) is 12.3 Å². The van der Waals surface area contributed by atoms with E-state index in [9.17, 15) is 14.4 Å². The summed E-state index contributed by atoms with van der Waals surface area (Å²) >= 11 is 0. The molecule has 1 atom stereocenters. The molecule has 0 bridgehead atoms. The number of amides is 3. The molecule has 0 aromatic rings. The van der Waals surface area contributed by atoms with E-state index in [1.165, 1.54) is 7.05 Å². The number of rotatable bonds is 6. The standard InChI is InChI=1S/C10H20N4O3/c1-10(2,3)13-8(16)5-7(12-6-15)9(17)14-11-4/h6-7,11H,5H2,1-4H3,(H,12,15)(H,13,16)(H,14,17)/t7-/m0/s1. The van der Waals surface area contributed by atoms with Gasteiger partial charge in [0.1, 0.15) is 6.04 Å². The van der Waals surface area contributed by atoms with Crippen LogP contribution in [0.25, 0.3) is 0 Å². The zero-order chi connectivity index (χ0) is 13.5. The van der Waals surface area contributed by atoms with Crippen molar-refractivity contribution in [1.82, 2.24) is 21.5 Å². The van der Waals surface area contributed by atoms with Gasteiger partial charge in [-0.25, -0.2) is 5.43 Å². The molecule has 7 nitrogen and oxygen atoms in total. The summed E-state index contributed by atoms with van der Waals surface area (Å²) in [5.74, 6) is -0.772. The van der Waals surface area contributed by atoms with Crippen molar-refractivity contribution in [1.29, 1.82) is 0 Å². The first-order valence-electron chi connectivity index (χ1n) is 5.27. The molecule has 0 aliphatic rings. The molecule has 4 N–H and O–H groups in total. The Morgan fingerprint density at radius 1 is 1.29 bits per heavy atom. The first-order chi connectivity index (χ1) is 7.80. The highest BCUT2D eigenvalue weighted by Crippen LogP contribution is 2.01. The summed E-state index contributed by atoms with van der Waals surface area (Å²) in [6.45, 7) is 5.50. The summed E-state index contributed by atoms with van der Waals surface area (Å²) in [6.07, 6.45) is 0.286. The van der Waals surface area contributed by atoms with Crippen LogP contribution in [0, 0.1) is 0 Å². The maximum Gasteiger partial charge on any atom is 0.257 e. The summed E-state index contributed by atoms with van der Waals surface area (Å²) in [6, 6.07) is -0.887. The van der Waals surface area contributed by atoms with Crippen molar-refractivity contribution in [2.75, 3.05) is 7.05 Å². The van der Waals surface area contributed by atoms with Gasteiger partial charge >= 0.3 is 0 Å². The number of hydrogen-bond acceptors (Lipinski definition) is 4. The number of hydrazine groups is 1.